The third-order valence-corrected chi connectivity index (χ3v) is 4.23. The van der Waals surface area contributed by atoms with E-state index in [2.05, 4.69) is 28.1 Å². The van der Waals surface area contributed by atoms with Gasteiger partial charge in [-0.2, -0.15) is 0 Å². The van der Waals surface area contributed by atoms with E-state index in [-0.39, 0.29) is 0 Å². The highest BCUT2D eigenvalue weighted by molar-refractivity contribution is 9.10. The summed E-state index contributed by atoms with van der Waals surface area (Å²) in [5.74, 6) is 0. The summed E-state index contributed by atoms with van der Waals surface area (Å²) in [5.41, 5.74) is 2.53. The summed E-state index contributed by atoms with van der Waals surface area (Å²) in [6.45, 7) is 0. The van der Waals surface area contributed by atoms with E-state index in [1.807, 2.05) is 30.3 Å². The summed E-state index contributed by atoms with van der Waals surface area (Å²) in [7, 11) is 0. The zero-order valence-corrected chi connectivity index (χ0v) is 12.8. The monoisotopic (exact) mass is 344 g/mol. The molecule has 0 N–H and O–H groups in total. The molecule has 0 unspecified atom stereocenters. The quantitative estimate of drug-likeness (QED) is 0.542. The Morgan fingerprint density at radius 3 is 2.35 bits per heavy atom. The number of carbonyl (C=O) groups is 1. The fraction of sp³-hybridized carbons (Fsp3) is 0. The second-order valence-corrected chi connectivity index (χ2v) is 5.78. The molecule has 1 nitrogen and oxygen atoms in total. The Balaban J connectivity index is 2.36. The molecule has 0 aliphatic heterocycles. The summed E-state index contributed by atoms with van der Waals surface area (Å²) in [6.07, 6.45) is 0.845. The normalized spacial score (nSPS) is 10.7. The minimum atomic E-state index is 0.567. The smallest absolute Gasteiger partial charge is 0.150 e. The molecule has 0 spiro atoms. The SMILES string of the molecule is O=Cc1cc(Cl)ccc1-c1ccc(Br)c2ccccc12. The fourth-order valence-corrected chi connectivity index (χ4v) is 3.03. The van der Waals surface area contributed by atoms with Crippen LogP contribution < -0.4 is 0 Å². The zero-order valence-electron chi connectivity index (χ0n) is 10.4. The van der Waals surface area contributed by atoms with E-state index >= 15 is 0 Å². The van der Waals surface area contributed by atoms with E-state index < -0.39 is 0 Å². The Morgan fingerprint density at radius 1 is 0.900 bits per heavy atom. The molecule has 0 aliphatic carbocycles. The number of fused-ring (bicyclic) bond motifs is 1. The Hall–Kier alpha value is -1.64. The van der Waals surface area contributed by atoms with Crippen molar-refractivity contribution in [1.29, 1.82) is 0 Å². The predicted molar refractivity (Wildman–Crippen MR) is 87.5 cm³/mol. The van der Waals surface area contributed by atoms with Crippen LogP contribution in [0.3, 0.4) is 0 Å². The maximum Gasteiger partial charge on any atom is 0.150 e. The lowest BCUT2D eigenvalue weighted by molar-refractivity contribution is 0.112. The van der Waals surface area contributed by atoms with Crippen molar-refractivity contribution in [3.63, 3.8) is 0 Å². The number of hydrogen-bond acceptors (Lipinski definition) is 1. The standard InChI is InChI=1S/C17H10BrClO/c18-17-8-7-15(14-3-1-2-4-16(14)17)13-6-5-12(19)9-11(13)10-20/h1-10H. The molecule has 0 saturated carbocycles. The van der Waals surface area contributed by atoms with Gasteiger partial charge in [0, 0.05) is 15.1 Å². The molecule has 0 atom stereocenters. The maximum absolute atomic E-state index is 11.3. The number of benzene rings is 3. The Bertz CT molecular complexity index is 811. The van der Waals surface area contributed by atoms with Crippen molar-refractivity contribution in [2.75, 3.05) is 0 Å². The Labute approximate surface area is 130 Å². The predicted octanol–water partition coefficient (Wildman–Crippen LogP) is 5.74. The van der Waals surface area contributed by atoms with Gasteiger partial charge in [0.1, 0.15) is 0 Å². The van der Waals surface area contributed by atoms with Gasteiger partial charge in [-0.15, -0.1) is 0 Å². The lowest BCUT2D eigenvalue weighted by atomic mass is 9.95. The Kier molecular flexibility index (Phi) is 3.60. The van der Waals surface area contributed by atoms with Gasteiger partial charge in [0.25, 0.3) is 0 Å². The number of rotatable bonds is 2. The van der Waals surface area contributed by atoms with Crippen LogP contribution in [0.25, 0.3) is 21.9 Å². The summed E-state index contributed by atoms with van der Waals surface area (Å²) in [6, 6.07) is 17.5. The molecule has 3 rings (SSSR count). The molecular formula is C17H10BrClO. The second kappa shape index (κ2) is 5.39. The largest absolute Gasteiger partial charge is 0.298 e. The molecule has 3 aromatic carbocycles. The molecule has 20 heavy (non-hydrogen) atoms. The van der Waals surface area contributed by atoms with Gasteiger partial charge in [-0.25, -0.2) is 0 Å². The first-order chi connectivity index (χ1) is 9.70. The van der Waals surface area contributed by atoms with Gasteiger partial charge < -0.3 is 0 Å². The molecule has 3 aromatic rings. The highest BCUT2D eigenvalue weighted by Crippen LogP contribution is 2.35. The zero-order chi connectivity index (χ0) is 14.1. The highest BCUT2D eigenvalue weighted by atomic mass is 79.9. The molecule has 0 fully saturated rings. The van der Waals surface area contributed by atoms with Crippen LogP contribution in [0.5, 0.6) is 0 Å². The van der Waals surface area contributed by atoms with Gasteiger partial charge in [-0.3, -0.25) is 4.79 Å². The van der Waals surface area contributed by atoms with Crippen LogP contribution in [0.15, 0.2) is 59.1 Å². The Morgan fingerprint density at radius 2 is 1.60 bits per heavy atom. The van der Waals surface area contributed by atoms with E-state index in [0.29, 0.717) is 10.6 Å². The molecule has 98 valence electrons. The van der Waals surface area contributed by atoms with Crippen molar-refractivity contribution < 1.29 is 4.79 Å². The number of halogens is 2. The summed E-state index contributed by atoms with van der Waals surface area (Å²) in [5, 5.41) is 2.79. The number of aldehydes is 1. The van der Waals surface area contributed by atoms with Crippen LogP contribution in [-0.4, -0.2) is 6.29 Å². The lowest BCUT2D eigenvalue weighted by Gasteiger charge is -2.10. The minimum absolute atomic E-state index is 0.567. The molecule has 0 saturated heterocycles. The van der Waals surface area contributed by atoms with Crippen molar-refractivity contribution >= 4 is 44.6 Å². The lowest BCUT2D eigenvalue weighted by Crippen LogP contribution is -1.89. The van der Waals surface area contributed by atoms with Crippen LogP contribution in [0.4, 0.5) is 0 Å². The number of carbonyl (C=O) groups excluding carboxylic acids is 1. The van der Waals surface area contributed by atoms with Crippen LogP contribution in [0.1, 0.15) is 10.4 Å². The fourth-order valence-electron chi connectivity index (χ4n) is 2.37. The topological polar surface area (TPSA) is 17.1 Å². The van der Waals surface area contributed by atoms with E-state index in [9.17, 15) is 4.79 Å². The average molecular weight is 346 g/mol. The molecule has 0 amide bonds. The third kappa shape index (κ3) is 2.26. The molecule has 0 aliphatic rings. The molecule has 0 radical (unpaired) electrons. The molecular weight excluding hydrogens is 336 g/mol. The third-order valence-electron chi connectivity index (χ3n) is 3.30. The van der Waals surface area contributed by atoms with Crippen molar-refractivity contribution in [1.82, 2.24) is 0 Å². The van der Waals surface area contributed by atoms with Crippen LogP contribution in [0, 0.1) is 0 Å². The first-order valence-electron chi connectivity index (χ1n) is 6.13. The van der Waals surface area contributed by atoms with E-state index in [4.69, 9.17) is 11.6 Å². The van der Waals surface area contributed by atoms with E-state index in [1.165, 1.54) is 0 Å². The minimum Gasteiger partial charge on any atom is -0.298 e. The van der Waals surface area contributed by atoms with E-state index in [1.54, 1.807) is 12.1 Å². The average Bonchev–Trinajstić information content (AvgIpc) is 2.48. The molecule has 0 bridgehead atoms. The van der Waals surface area contributed by atoms with Gasteiger partial charge in [-0.05, 0) is 40.1 Å². The summed E-state index contributed by atoms with van der Waals surface area (Å²) >= 11 is 9.52. The van der Waals surface area contributed by atoms with Gasteiger partial charge in [0.15, 0.2) is 6.29 Å². The maximum atomic E-state index is 11.3. The molecule has 0 heterocycles. The van der Waals surface area contributed by atoms with Crippen LogP contribution in [0.2, 0.25) is 5.02 Å². The van der Waals surface area contributed by atoms with Crippen LogP contribution >= 0.6 is 27.5 Å². The van der Waals surface area contributed by atoms with E-state index in [0.717, 1.165) is 32.7 Å². The van der Waals surface area contributed by atoms with Crippen molar-refractivity contribution in [3.8, 4) is 11.1 Å². The van der Waals surface area contributed by atoms with Gasteiger partial charge >= 0.3 is 0 Å². The summed E-state index contributed by atoms with van der Waals surface area (Å²) < 4.78 is 1.04. The second-order valence-electron chi connectivity index (χ2n) is 4.49. The molecule has 3 heteroatoms. The van der Waals surface area contributed by atoms with Crippen molar-refractivity contribution in [3.05, 3.63) is 69.7 Å². The van der Waals surface area contributed by atoms with Gasteiger partial charge in [-0.1, -0.05) is 63.9 Å². The first-order valence-corrected chi connectivity index (χ1v) is 7.30. The summed E-state index contributed by atoms with van der Waals surface area (Å²) in [4.78, 5) is 11.3. The molecule has 0 aromatic heterocycles. The highest BCUT2D eigenvalue weighted by Gasteiger charge is 2.10. The van der Waals surface area contributed by atoms with Crippen molar-refractivity contribution in [2.45, 2.75) is 0 Å². The number of hydrogen-bond donors (Lipinski definition) is 0. The van der Waals surface area contributed by atoms with Crippen LogP contribution in [-0.2, 0) is 0 Å². The van der Waals surface area contributed by atoms with Gasteiger partial charge in [0.2, 0.25) is 0 Å². The van der Waals surface area contributed by atoms with Gasteiger partial charge in [0.05, 0.1) is 0 Å². The first kappa shape index (κ1) is 13.3. The van der Waals surface area contributed by atoms with Crippen molar-refractivity contribution in [2.24, 2.45) is 0 Å².